The first-order chi connectivity index (χ1) is 30.1. The van der Waals surface area contributed by atoms with Crippen LogP contribution >= 0.6 is 0 Å². The molecule has 0 fully saturated rings. The summed E-state index contributed by atoms with van der Waals surface area (Å²) >= 11 is 0. The standard InChI is InChI=1S/2C27H25NO3/c2*1-19(28-20(2)29)26-17-24-13-10-22(16-27(24)31-26)9-8-21-11-14-25(15-12-21)30-18-23-6-4-3-5-7-23/h2*3-7,10-16,19,26H,17-18H2,1-2H3,(H,28,29)/t2*19-,26+/m10/s1. The molecule has 0 saturated heterocycles. The Bertz CT molecular complexity index is 2400. The van der Waals surface area contributed by atoms with Crippen molar-refractivity contribution < 1.29 is 28.5 Å². The first-order valence-corrected chi connectivity index (χ1v) is 20.8. The van der Waals surface area contributed by atoms with Gasteiger partial charge in [0.05, 0.1) is 12.1 Å². The second kappa shape index (κ2) is 20.7. The Hall–Kier alpha value is -7.42. The zero-order valence-electron chi connectivity index (χ0n) is 35.4. The van der Waals surface area contributed by atoms with Crippen LogP contribution in [0.5, 0.6) is 23.0 Å². The maximum Gasteiger partial charge on any atom is 0.217 e. The molecular formula is C54H50N2O6. The lowest BCUT2D eigenvalue weighted by atomic mass is 10.0. The van der Waals surface area contributed by atoms with Gasteiger partial charge in [0.2, 0.25) is 11.8 Å². The van der Waals surface area contributed by atoms with Crippen LogP contribution in [0.1, 0.15) is 72.2 Å². The van der Waals surface area contributed by atoms with E-state index in [-0.39, 0.29) is 36.1 Å². The van der Waals surface area contributed by atoms with Gasteiger partial charge in [-0.25, -0.2) is 0 Å². The lowest BCUT2D eigenvalue weighted by molar-refractivity contribution is -0.121. The van der Waals surface area contributed by atoms with Crippen molar-refractivity contribution in [3.8, 4) is 46.7 Å². The zero-order valence-corrected chi connectivity index (χ0v) is 35.4. The molecule has 312 valence electrons. The van der Waals surface area contributed by atoms with E-state index in [1.807, 2.05) is 147 Å². The summed E-state index contributed by atoms with van der Waals surface area (Å²) < 4.78 is 23.7. The number of hydrogen-bond donors (Lipinski definition) is 2. The molecule has 8 heteroatoms. The van der Waals surface area contributed by atoms with Crippen LogP contribution in [-0.2, 0) is 35.6 Å². The summed E-state index contributed by atoms with van der Waals surface area (Å²) in [7, 11) is 0. The van der Waals surface area contributed by atoms with Crippen LogP contribution < -0.4 is 29.6 Å². The maximum atomic E-state index is 11.3. The highest BCUT2D eigenvalue weighted by Gasteiger charge is 2.29. The van der Waals surface area contributed by atoms with Gasteiger partial charge in [-0.15, -0.1) is 0 Å². The smallest absolute Gasteiger partial charge is 0.217 e. The van der Waals surface area contributed by atoms with Crippen LogP contribution in [-0.4, -0.2) is 36.1 Å². The van der Waals surface area contributed by atoms with Gasteiger partial charge in [0.25, 0.3) is 0 Å². The SMILES string of the molecule is CC(=O)N[C@@H](C)[C@H]1Cc2ccc(C#Cc3ccc(OCc4ccccc4)cc3)cc2O1.CC(=O)N[C@H](C)[C@@H]1Cc2ccc(C#Cc3ccc(OCc4ccccc4)cc3)cc2O1. The molecule has 4 atom stereocenters. The summed E-state index contributed by atoms with van der Waals surface area (Å²) in [6.07, 6.45) is 1.47. The highest BCUT2D eigenvalue weighted by atomic mass is 16.5. The average Bonchev–Trinajstić information content (AvgIpc) is 3.92. The summed E-state index contributed by atoms with van der Waals surface area (Å²) in [4.78, 5) is 22.6. The molecule has 2 amide bonds. The van der Waals surface area contributed by atoms with Crippen molar-refractivity contribution in [2.75, 3.05) is 0 Å². The number of hydrogen-bond acceptors (Lipinski definition) is 6. The minimum Gasteiger partial charge on any atom is -0.489 e. The van der Waals surface area contributed by atoms with Crippen molar-refractivity contribution >= 4 is 11.8 Å². The molecular weight excluding hydrogens is 773 g/mol. The normalized spacial score (nSPS) is 15.1. The molecule has 2 aliphatic rings. The Balaban J connectivity index is 0.000000186. The molecule has 6 aromatic rings. The monoisotopic (exact) mass is 822 g/mol. The summed E-state index contributed by atoms with van der Waals surface area (Å²) in [6.45, 7) is 8.06. The van der Waals surface area contributed by atoms with E-state index in [1.54, 1.807) is 0 Å². The number of fused-ring (bicyclic) bond motifs is 2. The van der Waals surface area contributed by atoms with E-state index >= 15 is 0 Å². The van der Waals surface area contributed by atoms with Crippen LogP contribution in [0, 0.1) is 23.7 Å². The molecule has 8 nitrogen and oxygen atoms in total. The third kappa shape index (κ3) is 12.3. The molecule has 0 spiro atoms. The molecule has 6 aromatic carbocycles. The van der Waals surface area contributed by atoms with Gasteiger partial charge in [0.1, 0.15) is 48.4 Å². The van der Waals surface area contributed by atoms with E-state index in [0.29, 0.717) is 13.2 Å². The summed E-state index contributed by atoms with van der Waals surface area (Å²) in [5, 5.41) is 5.80. The van der Waals surface area contributed by atoms with Crippen LogP contribution in [0.3, 0.4) is 0 Å². The number of nitrogens with one attached hydrogen (secondary N) is 2. The van der Waals surface area contributed by atoms with Crippen molar-refractivity contribution in [2.45, 2.75) is 78.0 Å². The van der Waals surface area contributed by atoms with Crippen molar-refractivity contribution in [2.24, 2.45) is 0 Å². The molecule has 0 aliphatic carbocycles. The maximum absolute atomic E-state index is 11.3. The van der Waals surface area contributed by atoms with Gasteiger partial charge in [0.15, 0.2) is 0 Å². The Morgan fingerprint density at radius 1 is 0.532 bits per heavy atom. The van der Waals surface area contributed by atoms with Gasteiger partial charge in [-0.3, -0.25) is 9.59 Å². The van der Waals surface area contributed by atoms with Crippen molar-refractivity contribution in [1.29, 1.82) is 0 Å². The molecule has 2 N–H and O–H groups in total. The van der Waals surface area contributed by atoms with Gasteiger partial charge in [0, 0.05) is 48.9 Å². The Labute approximate surface area is 364 Å². The molecule has 2 aliphatic heterocycles. The van der Waals surface area contributed by atoms with E-state index < -0.39 is 0 Å². The Kier molecular flexibility index (Phi) is 14.3. The largest absolute Gasteiger partial charge is 0.489 e. The van der Waals surface area contributed by atoms with Gasteiger partial charge < -0.3 is 29.6 Å². The molecule has 62 heavy (non-hydrogen) atoms. The minimum atomic E-state index is -0.0504. The molecule has 8 rings (SSSR count). The molecule has 0 aromatic heterocycles. The number of ether oxygens (including phenoxy) is 4. The van der Waals surface area contributed by atoms with Crippen LogP contribution in [0.4, 0.5) is 0 Å². The van der Waals surface area contributed by atoms with Gasteiger partial charge in [-0.1, -0.05) is 96.5 Å². The molecule has 0 radical (unpaired) electrons. The Morgan fingerprint density at radius 2 is 0.887 bits per heavy atom. The van der Waals surface area contributed by atoms with Crippen molar-refractivity contribution in [3.63, 3.8) is 0 Å². The highest BCUT2D eigenvalue weighted by molar-refractivity contribution is 5.73. The van der Waals surface area contributed by atoms with Crippen molar-refractivity contribution in [3.05, 3.63) is 190 Å². The quantitative estimate of drug-likeness (QED) is 0.134. The fraction of sp³-hybridized carbons (Fsp3) is 0.222. The number of rotatable bonds is 10. The highest BCUT2D eigenvalue weighted by Crippen LogP contribution is 2.32. The van der Waals surface area contributed by atoms with E-state index in [0.717, 1.165) is 80.3 Å². The number of benzene rings is 6. The molecule has 0 saturated carbocycles. The number of carbonyl (C=O) groups excluding carboxylic acids is 2. The van der Waals surface area contributed by atoms with Crippen LogP contribution in [0.2, 0.25) is 0 Å². The fourth-order valence-corrected chi connectivity index (χ4v) is 7.09. The predicted molar refractivity (Wildman–Crippen MR) is 242 cm³/mol. The lowest BCUT2D eigenvalue weighted by Crippen LogP contribution is -2.42. The molecule has 2 heterocycles. The van der Waals surface area contributed by atoms with E-state index in [4.69, 9.17) is 18.9 Å². The predicted octanol–water partition coefficient (Wildman–Crippen LogP) is 8.99. The van der Waals surface area contributed by atoms with Crippen LogP contribution in [0.15, 0.2) is 146 Å². The van der Waals surface area contributed by atoms with Crippen LogP contribution in [0.25, 0.3) is 0 Å². The summed E-state index contributed by atoms with van der Waals surface area (Å²) in [5.74, 6) is 16.0. The average molecular weight is 823 g/mol. The van der Waals surface area contributed by atoms with E-state index in [2.05, 4.69) is 46.4 Å². The number of carbonyl (C=O) groups is 2. The van der Waals surface area contributed by atoms with Gasteiger partial charge >= 0.3 is 0 Å². The Morgan fingerprint density at radius 3 is 1.26 bits per heavy atom. The molecule has 0 unspecified atom stereocenters. The summed E-state index contributed by atoms with van der Waals surface area (Å²) in [5.41, 5.74) is 8.21. The third-order valence-electron chi connectivity index (χ3n) is 10.4. The van der Waals surface area contributed by atoms with Gasteiger partial charge in [-0.05, 0) is 109 Å². The third-order valence-corrected chi connectivity index (χ3v) is 10.4. The summed E-state index contributed by atoms with van der Waals surface area (Å²) in [6, 6.07) is 47.8. The van der Waals surface area contributed by atoms with E-state index in [1.165, 1.54) is 13.8 Å². The first kappa shape index (κ1) is 42.7. The topological polar surface area (TPSA) is 95.1 Å². The lowest BCUT2D eigenvalue weighted by Gasteiger charge is -2.19. The van der Waals surface area contributed by atoms with E-state index in [9.17, 15) is 9.59 Å². The zero-order chi connectivity index (χ0) is 43.3. The molecule has 0 bridgehead atoms. The first-order valence-electron chi connectivity index (χ1n) is 20.8. The number of amides is 2. The van der Waals surface area contributed by atoms with Crippen molar-refractivity contribution in [1.82, 2.24) is 10.6 Å². The minimum absolute atomic E-state index is 0.0398. The second-order valence-corrected chi connectivity index (χ2v) is 15.4. The fourth-order valence-electron chi connectivity index (χ4n) is 7.09. The van der Waals surface area contributed by atoms with Gasteiger partial charge in [-0.2, -0.15) is 0 Å². The second-order valence-electron chi connectivity index (χ2n) is 15.4.